The Morgan fingerprint density at radius 3 is 2.00 bits per heavy atom. The van der Waals surface area contributed by atoms with Crippen LogP contribution in [0.1, 0.15) is 13.8 Å². The normalized spacial score (nSPS) is 15.0. The van der Waals surface area contributed by atoms with Gasteiger partial charge >= 0.3 is 0 Å². The molecule has 0 radical (unpaired) electrons. The van der Waals surface area contributed by atoms with Crippen LogP contribution in [0.15, 0.2) is 0 Å². The fourth-order valence-electron chi connectivity index (χ4n) is 0.211. The maximum atomic E-state index is 8.86. The molecule has 1 atom stereocenters. The van der Waals surface area contributed by atoms with Crippen molar-refractivity contribution in [1.29, 1.82) is 0 Å². The Balaban J connectivity index is 3.14. The van der Waals surface area contributed by atoms with E-state index in [1.165, 1.54) is 0 Å². The zero-order valence-corrected chi connectivity index (χ0v) is 5.65. The highest BCUT2D eigenvalue weighted by molar-refractivity contribution is 7.80. The molecule has 0 spiro atoms. The fourth-order valence-corrected chi connectivity index (χ4v) is 0.632. The molecule has 0 saturated carbocycles. The summed E-state index contributed by atoms with van der Waals surface area (Å²) in [4.78, 5) is 0. The molecule has 0 amide bonds. The molecule has 0 unspecified atom stereocenters. The first-order chi connectivity index (χ1) is 3.18. The number of hydrogen-bond donors (Lipinski definition) is 2. The van der Waals surface area contributed by atoms with Gasteiger partial charge in [-0.15, -0.1) is 0 Å². The zero-order chi connectivity index (χ0) is 5.86. The average molecular weight is 120 g/mol. The number of thiol groups is 1. The molecule has 0 saturated heterocycles. The van der Waals surface area contributed by atoms with Crippen LogP contribution in [0.3, 0.4) is 0 Å². The van der Waals surface area contributed by atoms with Crippen molar-refractivity contribution in [3.63, 3.8) is 0 Å². The van der Waals surface area contributed by atoms with E-state index in [4.69, 9.17) is 5.11 Å². The summed E-state index contributed by atoms with van der Waals surface area (Å²) in [5.41, 5.74) is 0. The number of hydrogen-bond acceptors (Lipinski definition) is 2. The minimum atomic E-state index is -0.233. The second-order valence-electron chi connectivity index (χ2n) is 1.99. The molecule has 2 heteroatoms. The second-order valence-corrected chi connectivity index (χ2v) is 2.36. The Morgan fingerprint density at radius 1 is 1.57 bits per heavy atom. The number of rotatable bonds is 2. The standard InChI is InChI=1S/C5H12OS/c1-4(2)5(6)3-7/h4-7H,3H2,1-2H3/t5-/m0/s1. The van der Waals surface area contributed by atoms with Crippen LogP contribution in [0.25, 0.3) is 0 Å². The molecule has 7 heavy (non-hydrogen) atoms. The lowest BCUT2D eigenvalue weighted by molar-refractivity contribution is 0.149. The van der Waals surface area contributed by atoms with Crippen LogP contribution in [0.2, 0.25) is 0 Å². The highest BCUT2D eigenvalue weighted by Gasteiger charge is 2.03. The van der Waals surface area contributed by atoms with Crippen LogP contribution in [-0.4, -0.2) is 17.0 Å². The summed E-state index contributed by atoms with van der Waals surface area (Å²) in [7, 11) is 0. The molecule has 0 aromatic rings. The monoisotopic (exact) mass is 120 g/mol. The molecule has 44 valence electrons. The van der Waals surface area contributed by atoms with E-state index in [1.807, 2.05) is 13.8 Å². The van der Waals surface area contributed by atoms with Gasteiger partial charge < -0.3 is 5.11 Å². The Bertz CT molecular complexity index is 45.3. The van der Waals surface area contributed by atoms with E-state index in [1.54, 1.807) is 0 Å². The maximum Gasteiger partial charge on any atom is 0.0650 e. The topological polar surface area (TPSA) is 20.2 Å². The van der Waals surface area contributed by atoms with Crippen LogP contribution >= 0.6 is 12.6 Å². The minimum absolute atomic E-state index is 0.233. The predicted octanol–water partition coefficient (Wildman–Crippen LogP) is 0.933. The Morgan fingerprint density at radius 2 is 2.00 bits per heavy atom. The van der Waals surface area contributed by atoms with Crippen LogP contribution in [0.4, 0.5) is 0 Å². The molecule has 0 bridgehead atoms. The molecule has 0 aliphatic carbocycles. The molecular formula is C5H12OS. The average Bonchev–Trinajstić information content (AvgIpc) is 1.65. The lowest BCUT2D eigenvalue weighted by Crippen LogP contribution is -2.15. The first-order valence-electron chi connectivity index (χ1n) is 2.47. The highest BCUT2D eigenvalue weighted by atomic mass is 32.1. The lowest BCUT2D eigenvalue weighted by atomic mass is 10.1. The number of aliphatic hydroxyl groups excluding tert-OH is 1. The first-order valence-corrected chi connectivity index (χ1v) is 3.10. The van der Waals surface area contributed by atoms with Crippen molar-refractivity contribution in [2.75, 3.05) is 5.75 Å². The summed E-state index contributed by atoms with van der Waals surface area (Å²) in [6.45, 7) is 3.95. The van der Waals surface area contributed by atoms with Gasteiger partial charge in [0, 0.05) is 5.75 Å². The molecule has 0 aliphatic rings. The van der Waals surface area contributed by atoms with Crippen molar-refractivity contribution in [1.82, 2.24) is 0 Å². The Hall–Kier alpha value is 0.310. The molecule has 1 nitrogen and oxygen atoms in total. The van der Waals surface area contributed by atoms with Crippen molar-refractivity contribution >= 4 is 12.6 Å². The second kappa shape index (κ2) is 3.33. The van der Waals surface area contributed by atoms with Crippen molar-refractivity contribution in [2.24, 2.45) is 5.92 Å². The van der Waals surface area contributed by atoms with E-state index in [0.717, 1.165) is 0 Å². The summed E-state index contributed by atoms with van der Waals surface area (Å²) in [5, 5.41) is 8.86. The quantitative estimate of drug-likeness (QED) is 0.519. The summed E-state index contributed by atoms with van der Waals surface area (Å²) in [6, 6.07) is 0. The molecule has 0 aromatic heterocycles. The fraction of sp³-hybridized carbons (Fsp3) is 1.00. The Labute approximate surface area is 50.1 Å². The van der Waals surface area contributed by atoms with Gasteiger partial charge in [0.25, 0.3) is 0 Å². The van der Waals surface area contributed by atoms with Crippen LogP contribution in [0, 0.1) is 5.92 Å². The van der Waals surface area contributed by atoms with Gasteiger partial charge in [0.15, 0.2) is 0 Å². The lowest BCUT2D eigenvalue weighted by Gasteiger charge is -2.08. The van der Waals surface area contributed by atoms with Gasteiger partial charge in [-0.2, -0.15) is 12.6 Å². The van der Waals surface area contributed by atoms with Gasteiger partial charge in [-0.1, -0.05) is 13.8 Å². The molecule has 0 aliphatic heterocycles. The van der Waals surface area contributed by atoms with Gasteiger partial charge in [0.1, 0.15) is 0 Å². The third kappa shape index (κ3) is 2.94. The third-order valence-corrected chi connectivity index (χ3v) is 1.33. The van der Waals surface area contributed by atoms with Crippen LogP contribution in [0.5, 0.6) is 0 Å². The van der Waals surface area contributed by atoms with Crippen LogP contribution in [-0.2, 0) is 0 Å². The molecule has 1 N–H and O–H groups in total. The van der Waals surface area contributed by atoms with Gasteiger partial charge in [0.2, 0.25) is 0 Å². The zero-order valence-electron chi connectivity index (χ0n) is 4.76. The molecular weight excluding hydrogens is 108 g/mol. The van der Waals surface area contributed by atoms with Gasteiger partial charge in [-0.3, -0.25) is 0 Å². The van der Waals surface area contributed by atoms with Crippen molar-refractivity contribution in [2.45, 2.75) is 20.0 Å². The predicted molar refractivity (Wildman–Crippen MR) is 34.7 cm³/mol. The van der Waals surface area contributed by atoms with Gasteiger partial charge in [-0.05, 0) is 5.92 Å². The highest BCUT2D eigenvalue weighted by Crippen LogP contribution is 2.00. The van der Waals surface area contributed by atoms with Crippen molar-refractivity contribution < 1.29 is 5.11 Å². The Kier molecular flexibility index (Phi) is 3.48. The van der Waals surface area contributed by atoms with E-state index in [-0.39, 0.29) is 6.10 Å². The SMILES string of the molecule is CC(C)[C@@H](O)CS. The van der Waals surface area contributed by atoms with E-state index >= 15 is 0 Å². The summed E-state index contributed by atoms with van der Waals surface area (Å²) in [6.07, 6.45) is -0.233. The molecule has 0 aromatic carbocycles. The van der Waals surface area contributed by atoms with Gasteiger partial charge in [-0.25, -0.2) is 0 Å². The molecule has 0 fully saturated rings. The summed E-state index contributed by atoms with van der Waals surface area (Å²) >= 11 is 3.90. The van der Waals surface area contributed by atoms with E-state index in [2.05, 4.69) is 12.6 Å². The van der Waals surface area contributed by atoms with E-state index in [0.29, 0.717) is 11.7 Å². The smallest absolute Gasteiger partial charge is 0.0650 e. The largest absolute Gasteiger partial charge is 0.392 e. The minimum Gasteiger partial charge on any atom is -0.392 e. The van der Waals surface area contributed by atoms with E-state index < -0.39 is 0 Å². The summed E-state index contributed by atoms with van der Waals surface area (Å²) < 4.78 is 0. The van der Waals surface area contributed by atoms with E-state index in [9.17, 15) is 0 Å². The van der Waals surface area contributed by atoms with Crippen molar-refractivity contribution in [3.8, 4) is 0 Å². The number of aliphatic hydroxyl groups is 1. The summed E-state index contributed by atoms with van der Waals surface area (Å²) in [5.74, 6) is 0.912. The molecule has 0 rings (SSSR count). The first kappa shape index (κ1) is 7.31. The maximum absolute atomic E-state index is 8.86. The third-order valence-electron chi connectivity index (χ3n) is 0.957. The van der Waals surface area contributed by atoms with Crippen LogP contribution < -0.4 is 0 Å². The molecule has 0 heterocycles. The van der Waals surface area contributed by atoms with Crippen molar-refractivity contribution in [3.05, 3.63) is 0 Å². The van der Waals surface area contributed by atoms with Gasteiger partial charge in [0.05, 0.1) is 6.10 Å².